The maximum absolute atomic E-state index is 12.1. The number of nitrogens with two attached hydrogens (primary N) is 1. The first kappa shape index (κ1) is 15.9. The number of rotatable bonds is 5. The van der Waals surface area contributed by atoms with Crippen LogP contribution in [0.3, 0.4) is 0 Å². The van der Waals surface area contributed by atoms with Gasteiger partial charge in [-0.1, -0.05) is 12.8 Å². The van der Waals surface area contributed by atoms with E-state index in [9.17, 15) is 18.5 Å². The topological polar surface area (TPSA) is 115 Å². The summed E-state index contributed by atoms with van der Waals surface area (Å²) in [5, 5.41) is 10.6. The van der Waals surface area contributed by atoms with Crippen molar-refractivity contribution >= 4 is 15.7 Å². The van der Waals surface area contributed by atoms with E-state index in [1.165, 1.54) is 24.3 Å². The molecular formula is C13H19N3O4S. The van der Waals surface area contributed by atoms with Crippen LogP contribution < -0.4 is 10.5 Å². The van der Waals surface area contributed by atoms with Gasteiger partial charge in [-0.2, -0.15) is 0 Å². The zero-order valence-corrected chi connectivity index (χ0v) is 12.4. The van der Waals surface area contributed by atoms with Gasteiger partial charge in [0, 0.05) is 24.7 Å². The van der Waals surface area contributed by atoms with Gasteiger partial charge in [0.05, 0.1) is 9.82 Å². The second-order valence-electron chi connectivity index (χ2n) is 5.31. The highest BCUT2D eigenvalue weighted by Gasteiger charge is 2.24. The molecule has 1 aromatic carbocycles. The predicted octanol–water partition coefficient (Wildman–Crippen LogP) is 1.39. The minimum Gasteiger partial charge on any atom is -0.327 e. The van der Waals surface area contributed by atoms with Crippen molar-refractivity contribution in [1.82, 2.24) is 4.72 Å². The number of hydrogen-bond acceptors (Lipinski definition) is 5. The lowest BCUT2D eigenvalue weighted by Gasteiger charge is -2.28. The summed E-state index contributed by atoms with van der Waals surface area (Å²) in [4.78, 5) is 10.0. The Morgan fingerprint density at radius 2 is 1.86 bits per heavy atom. The molecule has 3 N–H and O–H groups in total. The van der Waals surface area contributed by atoms with Crippen molar-refractivity contribution in [3.63, 3.8) is 0 Å². The molecule has 116 valence electrons. The molecule has 0 amide bonds. The Kier molecular flexibility index (Phi) is 4.92. The Hall–Kier alpha value is -1.51. The minimum absolute atomic E-state index is 0.0254. The molecule has 2 rings (SSSR count). The number of sulfonamides is 1. The van der Waals surface area contributed by atoms with Gasteiger partial charge in [0.2, 0.25) is 10.0 Å². The molecule has 1 fully saturated rings. The van der Waals surface area contributed by atoms with Crippen molar-refractivity contribution in [2.45, 2.75) is 36.6 Å². The van der Waals surface area contributed by atoms with Gasteiger partial charge in [-0.15, -0.1) is 0 Å². The van der Waals surface area contributed by atoms with Gasteiger partial charge in [-0.05, 0) is 30.9 Å². The highest BCUT2D eigenvalue weighted by atomic mass is 32.2. The quantitative estimate of drug-likeness (QED) is 0.629. The molecule has 0 saturated heterocycles. The summed E-state index contributed by atoms with van der Waals surface area (Å²) in [6.07, 6.45) is 4.00. The largest absolute Gasteiger partial charge is 0.327 e. The van der Waals surface area contributed by atoms with E-state index >= 15 is 0 Å². The fraction of sp³-hybridized carbons (Fsp3) is 0.538. The Morgan fingerprint density at radius 3 is 2.43 bits per heavy atom. The summed E-state index contributed by atoms with van der Waals surface area (Å²) in [6.45, 7) is 0.306. The van der Waals surface area contributed by atoms with E-state index in [0.29, 0.717) is 6.54 Å². The summed E-state index contributed by atoms with van der Waals surface area (Å²) < 4.78 is 26.8. The van der Waals surface area contributed by atoms with E-state index in [0.717, 1.165) is 25.7 Å². The van der Waals surface area contributed by atoms with E-state index in [1.54, 1.807) is 0 Å². The van der Waals surface area contributed by atoms with Crippen molar-refractivity contribution in [2.75, 3.05) is 6.54 Å². The molecule has 0 bridgehead atoms. The molecule has 8 heteroatoms. The number of hydrogen-bond donors (Lipinski definition) is 2. The average Bonchev–Trinajstić information content (AvgIpc) is 2.46. The van der Waals surface area contributed by atoms with Crippen LogP contribution in [0.2, 0.25) is 0 Å². The van der Waals surface area contributed by atoms with Crippen LogP contribution in [0.4, 0.5) is 5.69 Å². The summed E-state index contributed by atoms with van der Waals surface area (Å²) in [5.74, 6) is 0.145. The molecule has 0 radical (unpaired) electrons. The molecule has 0 aliphatic heterocycles. The number of nitro groups is 1. The maximum atomic E-state index is 12.1. The Bertz CT molecular complexity index is 600. The number of nitrogens with one attached hydrogen (secondary N) is 1. The molecule has 1 aliphatic carbocycles. The van der Waals surface area contributed by atoms with Crippen LogP contribution in [0.25, 0.3) is 0 Å². The lowest BCUT2D eigenvalue weighted by atomic mass is 9.85. The monoisotopic (exact) mass is 313 g/mol. The summed E-state index contributed by atoms with van der Waals surface area (Å²) in [6, 6.07) is 4.86. The molecule has 1 aromatic rings. The van der Waals surface area contributed by atoms with Gasteiger partial charge >= 0.3 is 0 Å². The fourth-order valence-corrected chi connectivity index (χ4v) is 3.63. The maximum Gasteiger partial charge on any atom is 0.269 e. The number of non-ortho nitro benzene ring substituents is 1. The fourth-order valence-electron chi connectivity index (χ4n) is 2.54. The molecule has 7 nitrogen and oxygen atoms in total. The molecule has 21 heavy (non-hydrogen) atoms. The predicted molar refractivity (Wildman–Crippen MR) is 78.2 cm³/mol. The highest BCUT2D eigenvalue weighted by molar-refractivity contribution is 7.89. The smallest absolute Gasteiger partial charge is 0.269 e. The molecule has 1 aliphatic rings. The molecular weight excluding hydrogens is 294 g/mol. The summed E-state index contributed by atoms with van der Waals surface area (Å²) in [5.41, 5.74) is 5.85. The molecule has 0 aromatic heterocycles. The third-order valence-electron chi connectivity index (χ3n) is 3.86. The van der Waals surface area contributed by atoms with Gasteiger partial charge in [-0.3, -0.25) is 10.1 Å². The van der Waals surface area contributed by atoms with Crippen LogP contribution in [0.1, 0.15) is 25.7 Å². The van der Waals surface area contributed by atoms with Crippen LogP contribution in [0, 0.1) is 16.0 Å². The van der Waals surface area contributed by atoms with Gasteiger partial charge in [-0.25, -0.2) is 13.1 Å². The van der Waals surface area contributed by atoms with Gasteiger partial charge in [0.1, 0.15) is 0 Å². The van der Waals surface area contributed by atoms with E-state index in [1.807, 2.05) is 0 Å². The number of benzene rings is 1. The van der Waals surface area contributed by atoms with Crippen LogP contribution in [-0.2, 0) is 10.0 Å². The van der Waals surface area contributed by atoms with Crippen molar-refractivity contribution in [3.8, 4) is 0 Å². The Morgan fingerprint density at radius 1 is 1.24 bits per heavy atom. The van der Waals surface area contributed by atoms with Gasteiger partial charge in [0.15, 0.2) is 0 Å². The third kappa shape index (κ3) is 3.99. The van der Waals surface area contributed by atoms with Crippen molar-refractivity contribution in [3.05, 3.63) is 34.4 Å². The first-order chi connectivity index (χ1) is 9.90. The van der Waals surface area contributed by atoms with E-state index in [-0.39, 0.29) is 22.5 Å². The average molecular weight is 313 g/mol. The van der Waals surface area contributed by atoms with Crippen molar-refractivity contribution in [1.29, 1.82) is 0 Å². The number of nitro benzene ring substituents is 1. The van der Waals surface area contributed by atoms with E-state index in [2.05, 4.69) is 4.72 Å². The third-order valence-corrected chi connectivity index (χ3v) is 5.30. The zero-order chi connectivity index (χ0) is 15.5. The highest BCUT2D eigenvalue weighted by Crippen LogP contribution is 2.23. The second-order valence-corrected chi connectivity index (χ2v) is 7.08. The van der Waals surface area contributed by atoms with Gasteiger partial charge in [0.25, 0.3) is 5.69 Å². The van der Waals surface area contributed by atoms with Crippen LogP contribution in [-0.4, -0.2) is 25.9 Å². The van der Waals surface area contributed by atoms with Gasteiger partial charge < -0.3 is 5.73 Å². The molecule has 1 saturated carbocycles. The standard InChI is InChI=1S/C13H19N3O4S/c14-13-4-2-1-3-10(13)9-15-21(19,20)12-7-5-11(6-8-12)16(17)18/h5-8,10,13,15H,1-4,9,14H2/t10-,13+/m1/s1. The van der Waals surface area contributed by atoms with Crippen molar-refractivity contribution in [2.24, 2.45) is 11.7 Å². The van der Waals surface area contributed by atoms with E-state index < -0.39 is 14.9 Å². The minimum atomic E-state index is -3.65. The molecule has 0 spiro atoms. The summed E-state index contributed by atoms with van der Waals surface area (Å²) >= 11 is 0. The van der Waals surface area contributed by atoms with Crippen LogP contribution >= 0.6 is 0 Å². The molecule has 0 heterocycles. The van der Waals surface area contributed by atoms with Crippen LogP contribution in [0.5, 0.6) is 0 Å². The first-order valence-corrected chi connectivity index (χ1v) is 8.38. The lowest BCUT2D eigenvalue weighted by Crippen LogP contribution is -2.41. The lowest BCUT2D eigenvalue weighted by molar-refractivity contribution is -0.384. The number of nitrogens with zero attached hydrogens (tertiary/aromatic N) is 1. The van der Waals surface area contributed by atoms with E-state index in [4.69, 9.17) is 5.73 Å². The van der Waals surface area contributed by atoms with Crippen molar-refractivity contribution < 1.29 is 13.3 Å². The Balaban J connectivity index is 2.02. The normalized spacial score (nSPS) is 22.9. The first-order valence-electron chi connectivity index (χ1n) is 6.90. The zero-order valence-electron chi connectivity index (χ0n) is 11.6. The summed E-state index contributed by atoms with van der Waals surface area (Å²) in [7, 11) is -3.65. The molecule has 2 atom stereocenters. The second kappa shape index (κ2) is 6.50. The SMILES string of the molecule is N[C@H]1CCCC[C@@H]1CNS(=O)(=O)c1ccc([N+](=O)[O-])cc1. The van der Waals surface area contributed by atoms with Crippen LogP contribution in [0.15, 0.2) is 29.2 Å². The Labute approximate surface area is 123 Å². The molecule has 0 unspecified atom stereocenters.